The monoisotopic (exact) mass is 228 g/mol. The van der Waals surface area contributed by atoms with Crippen LogP contribution in [0, 0.1) is 5.92 Å². The van der Waals surface area contributed by atoms with Gasteiger partial charge < -0.3 is 5.11 Å². The Morgan fingerprint density at radius 2 is 2.00 bits per heavy atom. The Morgan fingerprint density at radius 1 is 1.40 bits per heavy atom. The summed E-state index contributed by atoms with van der Waals surface area (Å²) in [6.45, 7) is 1.44. The average Bonchev–Trinajstić information content (AvgIpc) is 2.26. The molecule has 0 bridgehead atoms. The van der Waals surface area contributed by atoms with Crippen LogP contribution in [0.25, 0.3) is 0 Å². The Kier molecular flexibility index (Phi) is 4.68. The largest absolute Gasteiger partial charge is 0.477 e. The third kappa shape index (κ3) is 3.95. The number of hydrogen-bond acceptors (Lipinski definition) is 3. The zero-order valence-corrected chi connectivity index (χ0v) is 9.64. The van der Waals surface area contributed by atoms with Gasteiger partial charge in [-0.05, 0) is 19.8 Å². The third-order valence-corrected chi connectivity index (χ3v) is 3.04. The van der Waals surface area contributed by atoms with E-state index in [1.807, 2.05) is 0 Å². The maximum Gasteiger partial charge on any atom is 0.351 e. The summed E-state index contributed by atoms with van der Waals surface area (Å²) >= 11 is 5.17. The topological polar surface area (TPSA) is 61.7 Å². The fourth-order valence-corrected chi connectivity index (χ4v) is 1.92. The molecule has 0 amide bonds. The number of carbonyl (C=O) groups is 1. The molecule has 1 saturated carbocycles. The van der Waals surface area contributed by atoms with Crippen molar-refractivity contribution >= 4 is 28.9 Å². The maximum atomic E-state index is 10.5. The molecule has 5 heteroatoms. The van der Waals surface area contributed by atoms with E-state index in [9.17, 15) is 4.79 Å². The number of hydrazone groups is 1. The Morgan fingerprint density at radius 3 is 2.53 bits per heavy atom. The lowest BCUT2D eigenvalue weighted by Gasteiger charge is -2.21. The van der Waals surface area contributed by atoms with Crippen LogP contribution in [0.3, 0.4) is 0 Å². The highest BCUT2D eigenvalue weighted by Gasteiger charge is 2.17. The summed E-state index contributed by atoms with van der Waals surface area (Å²) in [7, 11) is 0. The summed E-state index contributed by atoms with van der Waals surface area (Å²) in [5, 5.41) is 12.3. The molecule has 15 heavy (non-hydrogen) atoms. The van der Waals surface area contributed by atoms with Crippen molar-refractivity contribution in [1.82, 2.24) is 5.43 Å². The van der Waals surface area contributed by atoms with Gasteiger partial charge in [0.1, 0.15) is 5.71 Å². The van der Waals surface area contributed by atoms with E-state index in [0.29, 0.717) is 10.9 Å². The fraction of sp³-hybridized carbons (Fsp3) is 0.700. The first-order valence-corrected chi connectivity index (χ1v) is 5.59. The molecule has 0 radical (unpaired) electrons. The number of thiocarbonyl (C=S) groups is 1. The van der Waals surface area contributed by atoms with Crippen LogP contribution in [0.4, 0.5) is 0 Å². The average molecular weight is 228 g/mol. The molecule has 0 unspecified atom stereocenters. The second kappa shape index (κ2) is 5.80. The minimum atomic E-state index is -1.02. The van der Waals surface area contributed by atoms with Gasteiger partial charge in [0.25, 0.3) is 0 Å². The van der Waals surface area contributed by atoms with Crippen LogP contribution in [0.2, 0.25) is 0 Å². The highest BCUT2D eigenvalue weighted by Crippen LogP contribution is 2.24. The molecule has 0 aromatic carbocycles. The van der Waals surface area contributed by atoms with Crippen molar-refractivity contribution in [2.24, 2.45) is 11.0 Å². The molecule has 0 aromatic heterocycles. The number of carboxylic acid groups (broad SMARTS) is 1. The van der Waals surface area contributed by atoms with Gasteiger partial charge in [-0.1, -0.05) is 31.5 Å². The summed E-state index contributed by atoms with van der Waals surface area (Å²) in [6, 6.07) is 0. The quantitative estimate of drug-likeness (QED) is 0.440. The van der Waals surface area contributed by atoms with Crippen LogP contribution in [0.1, 0.15) is 39.0 Å². The van der Waals surface area contributed by atoms with Gasteiger partial charge in [-0.15, -0.1) is 0 Å². The van der Waals surface area contributed by atoms with Crippen LogP contribution >= 0.6 is 12.2 Å². The molecule has 1 aliphatic rings. The van der Waals surface area contributed by atoms with Crippen LogP contribution in [-0.2, 0) is 4.79 Å². The number of nitrogens with zero attached hydrogens (tertiary/aromatic N) is 1. The van der Waals surface area contributed by atoms with Crippen molar-refractivity contribution in [2.75, 3.05) is 0 Å². The normalized spacial score (nSPS) is 18.6. The van der Waals surface area contributed by atoms with E-state index in [-0.39, 0.29) is 5.71 Å². The summed E-state index contributed by atoms with van der Waals surface area (Å²) in [5.41, 5.74) is 2.71. The minimum absolute atomic E-state index is 0.0353. The first-order chi connectivity index (χ1) is 7.11. The first-order valence-electron chi connectivity index (χ1n) is 5.18. The molecule has 0 atom stereocenters. The van der Waals surface area contributed by atoms with Crippen LogP contribution in [0.5, 0.6) is 0 Å². The van der Waals surface area contributed by atoms with Gasteiger partial charge >= 0.3 is 5.97 Å². The fourth-order valence-electron chi connectivity index (χ4n) is 1.64. The Hall–Kier alpha value is -0.970. The van der Waals surface area contributed by atoms with Gasteiger partial charge in [-0.3, -0.25) is 5.43 Å². The molecule has 0 saturated heterocycles. The van der Waals surface area contributed by atoms with E-state index in [1.54, 1.807) is 0 Å². The van der Waals surface area contributed by atoms with Crippen LogP contribution in [-0.4, -0.2) is 21.8 Å². The lowest BCUT2D eigenvalue weighted by atomic mass is 9.89. The minimum Gasteiger partial charge on any atom is -0.477 e. The molecule has 4 nitrogen and oxygen atoms in total. The van der Waals surface area contributed by atoms with Crippen molar-refractivity contribution in [2.45, 2.75) is 39.0 Å². The van der Waals surface area contributed by atoms with E-state index in [0.717, 1.165) is 12.8 Å². The lowest BCUT2D eigenvalue weighted by Crippen LogP contribution is -2.28. The van der Waals surface area contributed by atoms with Crippen molar-refractivity contribution < 1.29 is 9.90 Å². The molecule has 0 aliphatic heterocycles. The number of nitrogens with one attached hydrogen (secondary N) is 1. The van der Waals surface area contributed by atoms with Gasteiger partial charge in [0.05, 0.1) is 4.99 Å². The predicted molar refractivity (Wildman–Crippen MR) is 63.1 cm³/mol. The Balaban J connectivity index is 2.41. The number of carboxylic acids is 1. The first kappa shape index (κ1) is 12.1. The molecule has 0 aromatic rings. The smallest absolute Gasteiger partial charge is 0.351 e. The summed E-state index contributed by atoms with van der Waals surface area (Å²) < 4.78 is 0. The van der Waals surface area contributed by atoms with Crippen molar-refractivity contribution in [3.8, 4) is 0 Å². The summed E-state index contributed by atoms with van der Waals surface area (Å²) in [6.07, 6.45) is 5.86. The molecule has 0 heterocycles. The third-order valence-electron chi connectivity index (χ3n) is 2.62. The highest BCUT2D eigenvalue weighted by atomic mass is 32.1. The molecule has 1 fully saturated rings. The van der Waals surface area contributed by atoms with Crippen molar-refractivity contribution in [3.63, 3.8) is 0 Å². The van der Waals surface area contributed by atoms with Crippen molar-refractivity contribution in [3.05, 3.63) is 0 Å². The van der Waals surface area contributed by atoms with Crippen molar-refractivity contribution in [1.29, 1.82) is 0 Å². The second-order valence-electron chi connectivity index (χ2n) is 3.81. The lowest BCUT2D eigenvalue weighted by molar-refractivity contribution is -0.129. The van der Waals surface area contributed by atoms with E-state index in [2.05, 4.69) is 10.5 Å². The van der Waals surface area contributed by atoms with Gasteiger partial charge in [0.15, 0.2) is 0 Å². The summed E-state index contributed by atoms with van der Waals surface area (Å²) in [4.78, 5) is 11.2. The standard InChI is InChI=1S/C10H16N2O2S/c1-7(10(13)14)11-12-9(15)8-5-3-2-4-6-8/h8H,2-6H2,1H3,(H,12,15)(H,13,14)/b11-7+. The molecular weight excluding hydrogens is 212 g/mol. The zero-order chi connectivity index (χ0) is 11.3. The molecule has 0 spiro atoms. The van der Waals surface area contributed by atoms with E-state index >= 15 is 0 Å². The van der Waals surface area contributed by atoms with E-state index in [1.165, 1.54) is 26.2 Å². The van der Waals surface area contributed by atoms with E-state index in [4.69, 9.17) is 17.3 Å². The highest BCUT2D eigenvalue weighted by molar-refractivity contribution is 7.80. The molecular formula is C10H16N2O2S. The maximum absolute atomic E-state index is 10.5. The van der Waals surface area contributed by atoms with Gasteiger partial charge in [-0.2, -0.15) is 5.10 Å². The number of aliphatic carboxylic acids is 1. The SMILES string of the molecule is C/C(=N\NC(=S)C1CCCCC1)C(=O)O. The number of hydrogen-bond donors (Lipinski definition) is 2. The summed E-state index contributed by atoms with van der Waals surface area (Å²) in [5.74, 6) is -0.645. The Bertz CT molecular complexity index is 283. The second-order valence-corrected chi connectivity index (χ2v) is 4.25. The van der Waals surface area contributed by atoms with Gasteiger partial charge in [0.2, 0.25) is 0 Å². The van der Waals surface area contributed by atoms with Crippen LogP contribution < -0.4 is 5.43 Å². The van der Waals surface area contributed by atoms with Gasteiger partial charge in [-0.25, -0.2) is 4.79 Å². The predicted octanol–water partition coefficient (Wildman–Crippen LogP) is 1.94. The zero-order valence-electron chi connectivity index (χ0n) is 8.82. The molecule has 1 rings (SSSR count). The molecule has 84 valence electrons. The number of rotatable bonds is 3. The Labute approximate surface area is 94.7 Å². The molecule has 2 N–H and O–H groups in total. The van der Waals surface area contributed by atoms with Gasteiger partial charge in [0, 0.05) is 5.92 Å². The molecule has 1 aliphatic carbocycles. The van der Waals surface area contributed by atoms with E-state index < -0.39 is 5.97 Å². The van der Waals surface area contributed by atoms with Crippen LogP contribution in [0.15, 0.2) is 5.10 Å².